The molecule has 1 N–H and O–H groups in total. The van der Waals surface area contributed by atoms with Crippen LogP contribution in [-0.2, 0) is 11.2 Å². The van der Waals surface area contributed by atoms with Crippen LogP contribution in [0.3, 0.4) is 0 Å². The van der Waals surface area contributed by atoms with Crippen molar-refractivity contribution in [3.8, 4) is 0 Å². The molecule has 0 saturated carbocycles. The lowest BCUT2D eigenvalue weighted by molar-refractivity contribution is -0.0244. The summed E-state index contributed by atoms with van der Waals surface area (Å²) >= 11 is 0. The summed E-state index contributed by atoms with van der Waals surface area (Å²) in [6, 6.07) is 6.89. The zero-order valence-electron chi connectivity index (χ0n) is 13.5. The van der Waals surface area contributed by atoms with Crippen molar-refractivity contribution in [1.82, 2.24) is 5.32 Å². The van der Waals surface area contributed by atoms with Crippen LogP contribution in [-0.4, -0.2) is 24.8 Å². The fraction of sp³-hybridized carbons (Fsp3) is 0.667. The zero-order valence-corrected chi connectivity index (χ0v) is 13.5. The molecule has 2 rings (SSSR count). The number of hydrogen-bond donors (Lipinski definition) is 1. The van der Waals surface area contributed by atoms with Crippen LogP contribution in [0.1, 0.15) is 45.6 Å². The predicted octanol–water partition coefficient (Wildman–Crippen LogP) is 3.94. The van der Waals surface area contributed by atoms with E-state index in [1.165, 1.54) is 5.56 Å². The quantitative estimate of drug-likeness (QED) is 0.822. The minimum absolute atomic E-state index is 0.0310. The molecule has 1 aliphatic rings. The first-order valence-corrected chi connectivity index (χ1v) is 8.11. The molecule has 2 atom stereocenters. The average molecular weight is 293 g/mol. The summed E-state index contributed by atoms with van der Waals surface area (Å²) in [5.41, 5.74) is 1.24. The van der Waals surface area contributed by atoms with Crippen LogP contribution >= 0.6 is 0 Å². The smallest absolute Gasteiger partial charge is 0.123 e. The first kappa shape index (κ1) is 16.4. The third kappa shape index (κ3) is 5.40. The van der Waals surface area contributed by atoms with Gasteiger partial charge >= 0.3 is 0 Å². The van der Waals surface area contributed by atoms with Gasteiger partial charge in [-0.1, -0.05) is 19.1 Å². The summed E-state index contributed by atoms with van der Waals surface area (Å²) in [7, 11) is 0. The number of halogens is 1. The molecule has 0 radical (unpaired) electrons. The predicted molar refractivity (Wildman–Crippen MR) is 84.9 cm³/mol. The van der Waals surface area contributed by atoms with E-state index in [0.29, 0.717) is 12.0 Å². The maximum atomic E-state index is 13.0. The van der Waals surface area contributed by atoms with Crippen molar-refractivity contribution in [3.05, 3.63) is 35.6 Å². The lowest BCUT2D eigenvalue weighted by Gasteiger charge is -2.24. The third-order valence-electron chi connectivity index (χ3n) is 4.27. The molecule has 1 heterocycles. The van der Waals surface area contributed by atoms with E-state index in [0.717, 1.165) is 38.8 Å². The monoisotopic (exact) mass is 293 g/mol. The average Bonchev–Trinajstić information content (AvgIpc) is 2.78. The van der Waals surface area contributed by atoms with Crippen LogP contribution in [0.5, 0.6) is 0 Å². The van der Waals surface area contributed by atoms with E-state index >= 15 is 0 Å². The molecule has 0 amide bonds. The molecule has 118 valence electrons. The van der Waals surface area contributed by atoms with Gasteiger partial charge in [-0.25, -0.2) is 4.39 Å². The van der Waals surface area contributed by atoms with Crippen molar-refractivity contribution < 1.29 is 9.13 Å². The van der Waals surface area contributed by atoms with Crippen molar-refractivity contribution in [2.75, 3.05) is 13.1 Å². The first-order valence-electron chi connectivity index (χ1n) is 8.11. The van der Waals surface area contributed by atoms with Gasteiger partial charge in [0.15, 0.2) is 0 Å². The lowest BCUT2D eigenvalue weighted by atomic mass is 9.92. The standard InChI is InChI=1S/C18H28FNO/c1-4-20-13-15(11-14-5-7-16(19)8-6-14)12-17-9-10-18(2,3)21-17/h5-8,15,17,20H,4,9-13H2,1-3H3. The van der Waals surface area contributed by atoms with Crippen LogP contribution in [0, 0.1) is 11.7 Å². The van der Waals surface area contributed by atoms with Crippen LogP contribution in [0.15, 0.2) is 24.3 Å². The van der Waals surface area contributed by atoms with Gasteiger partial charge in [-0.3, -0.25) is 0 Å². The van der Waals surface area contributed by atoms with E-state index < -0.39 is 0 Å². The number of benzene rings is 1. The normalized spacial score (nSPS) is 22.4. The van der Waals surface area contributed by atoms with Crippen LogP contribution in [0.4, 0.5) is 4.39 Å². The van der Waals surface area contributed by atoms with Gasteiger partial charge in [-0.05, 0) is 76.2 Å². The molecule has 1 aliphatic heterocycles. The molecule has 21 heavy (non-hydrogen) atoms. The highest BCUT2D eigenvalue weighted by molar-refractivity contribution is 5.16. The topological polar surface area (TPSA) is 21.3 Å². The Morgan fingerprint density at radius 1 is 1.33 bits per heavy atom. The molecule has 2 nitrogen and oxygen atoms in total. The van der Waals surface area contributed by atoms with E-state index in [-0.39, 0.29) is 11.4 Å². The second-order valence-electron chi connectivity index (χ2n) is 6.78. The Hall–Kier alpha value is -0.930. The highest BCUT2D eigenvalue weighted by Gasteiger charge is 2.32. The Labute approximate surface area is 128 Å². The maximum absolute atomic E-state index is 13.0. The fourth-order valence-corrected chi connectivity index (χ4v) is 3.16. The Balaban J connectivity index is 1.92. The zero-order chi connectivity index (χ0) is 15.3. The summed E-state index contributed by atoms with van der Waals surface area (Å²) in [5, 5.41) is 3.45. The number of ether oxygens (including phenoxy) is 1. The van der Waals surface area contributed by atoms with Crippen LogP contribution < -0.4 is 5.32 Å². The molecular formula is C18H28FNO. The maximum Gasteiger partial charge on any atom is 0.123 e. The third-order valence-corrected chi connectivity index (χ3v) is 4.27. The van der Waals surface area contributed by atoms with Crippen molar-refractivity contribution in [3.63, 3.8) is 0 Å². The largest absolute Gasteiger partial charge is 0.372 e. The molecule has 0 spiro atoms. The van der Waals surface area contributed by atoms with Gasteiger partial charge < -0.3 is 10.1 Å². The van der Waals surface area contributed by atoms with Crippen LogP contribution in [0.2, 0.25) is 0 Å². The molecule has 1 aromatic rings. The number of hydrogen-bond acceptors (Lipinski definition) is 2. The van der Waals surface area contributed by atoms with Crippen molar-refractivity contribution >= 4 is 0 Å². The molecule has 1 fully saturated rings. The van der Waals surface area contributed by atoms with E-state index in [2.05, 4.69) is 26.1 Å². The Morgan fingerprint density at radius 3 is 2.62 bits per heavy atom. The molecule has 2 unspecified atom stereocenters. The molecule has 1 aromatic carbocycles. The summed E-state index contributed by atoms with van der Waals surface area (Å²) in [6.07, 6.45) is 4.71. The van der Waals surface area contributed by atoms with E-state index in [1.807, 2.05) is 12.1 Å². The van der Waals surface area contributed by atoms with E-state index in [1.54, 1.807) is 12.1 Å². The highest BCUT2D eigenvalue weighted by atomic mass is 19.1. The van der Waals surface area contributed by atoms with E-state index in [9.17, 15) is 4.39 Å². The summed E-state index contributed by atoms with van der Waals surface area (Å²) in [5.74, 6) is 0.372. The number of nitrogens with one attached hydrogen (secondary N) is 1. The fourth-order valence-electron chi connectivity index (χ4n) is 3.16. The minimum Gasteiger partial charge on any atom is -0.372 e. The van der Waals surface area contributed by atoms with Gasteiger partial charge in [0, 0.05) is 0 Å². The van der Waals surface area contributed by atoms with Gasteiger partial charge in [0.1, 0.15) is 5.82 Å². The summed E-state index contributed by atoms with van der Waals surface area (Å²) in [4.78, 5) is 0. The molecule has 0 aliphatic carbocycles. The highest BCUT2D eigenvalue weighted by Crippen LogP contribution is 2.33. The Kier molecular flexibility index (Phi) is 5.77. The van der Waals surface area contributed by atoms with Crippen molar-refractivity contribution in [2.24, 2.45) is 5.92 Å². The van der Waals surface area contributed by atoms with Crippen molar-refractivity contribution in [1.29, 1.82) is 0 Å². The second kappa shape index (κ2) is 7.37. The lowest BCUT2D eigenvalue weighted by Crippen LogP contribution is -2.28. The van der Waals surface area contributed by atoms with Crippen molar-refractivity contribution in [2.45, 2.75) is 58.2 Å². The molecule has 0 bridgehead atoms. The summed E-state index contributed by atoms with van der Waals surface area (Å²) < 4.78 is 19.1. The second-order valence-corrected chi connectivity index (χ2v) is 6.78. The van der Waals surface area contributed by atoms with Gasteiger partial charge in [-0.2, -0.15) is 0 Å². The Morgan fingerprint density at radius 2 is 2.05 bits per heavy atom. The molecule has 3 heteroatoms. The van der Waals surface area contributed by atoms with Gasteiger partial charge in [0.05, 0.1) is 11.7 Å². The minimum atomic E-state index is -0.164. The van der Waals surface area contributed by atoms with Gasteiger partial charge in [-0.15, -0.1) is 0 Å². The molecule has 1 saturated heterocycles. The van der Waals surface area contributed by atoms with Crippen LogP contribution in [0.25, 0.3) is 0 Å². The van der Waals surface area contributed by atoms with Gasteiger partial charge in [0.25, 0.3) is 0 Å². The van der Waals surface area contributed by atoms with Gasteiger partial charge in [0.2, 0.25) is 0 Å². The molecule has 0 aromatic heterocycles. The first-order chi connectivity index (χ1) is 9.98. The molecular weight excluding hydrogens is 265 g/mol. The SMILES string of the molecule is CCNCC(Cc1ccc(F)cc1)CC1CCC(C)(C)O1. The number of rotatable bonds is 7. The summed E-state index contributed by atoms with van der Waals surface area (Å²) in [6.45, 7) is 8.45. The Bertz CT molecular complexity index is 429. The van der Waals surface area contributed by atoms with E-state index in [4.69, 9.17) is 4.74 Å².